The molecule has 4 atom stereocenters. The topological polar surface area (TPSA) is 72.9 Å². The molecule has 1 saturated carbocycles. The van der Waals surface area contributed by atoms with E-state index in [4.69, 9.17) is 9.47 Å². The fourth-order valence-corrected chi connectivity index (χ4v) is 3.84. The summed E-state index contributed by atoms with van der Waals surface area (Å²) in [6.07, 6.45) is 2.41. The Morgan fingerprint density at radius 1 is 1.15 bits per heavy atom. The van der Waals surface area contributed by atoms with Crippen LogP contribution in [-0.2, 0) is 19.1 Å². The van der Waals surface area contributed by atoms with Crippen molar-refractivity contribution in [1.29, 1.82) is 0 Å². The minimum Gasteiger partial charge on any atom is -0.460 e. The Bertz CT molecular complexity index is 598. The first-order valence-electron chi connectivity index (χ1n) is 9.23. The van der Waals surface area contributed by atoms with Crippen LogP contribution in [0.1, 0.15) is 60.8 Å². The Hall–Kier alpha value is -1.85. The molecule has 0 aromatic rings. The fraction of sp³-hybridized carbons (Fsp3) is 0.750. The molecule has 6 nitrogen and oxygen atoms in total. The van der Waals surface area contributed by atoms with E-state index >= 15 is 0 Å². The monoisotopic (exact) mass is 365 g/mol. The number of allylic oxidation sites excluding steroid dienone is 1. The van der Waals surface area contributed by atoms with Crippen LogP contribution in [0.4, 0.5) is 4.79 Å². The smallest absolute Gasteiger partial charge is 0.417 e. The van der Waals surface area contributed by atoms with Gasteiger partial charge in [0, 0.05) is 12.5 Å². The number of piperidine rings is 1. The Labute approximate surface area is 155 Å². The van der Waals surface area contributed by atoms with Gasteiger partial charge in [-0.25, -0.2) is 9.69 Å². The molecule has 4 unspecified atom stereocenters. The van der Waals surface area contributed by atoms with Gasteiger partial charge in [0.2, 0.25) is 5.91 Å². The predicted octanol–water partition coefficient (Wildman–Crippen LogP) is 3.69. The molecule has 146 valence electrons. The van der Waals surface area contributed by atoms with Crippen molar-refractivity contribution >= 4 is 18.0 Å². The van der Waals surface area contributed by atoms with Crippen molar-refractivity contribution in [2.24, 2.45) is 17.8 Å². The lowest BCUT2D eigenvalue weighted by Gasteiger charge is -2.54. The number of nitrogens with zero attached hydrogens (tertiary/aromatic N) is 1. The Balaban J connectivity index is 2.20. The van der Waals surface area contributed by atoms with Crippen molar-refractivity contribution < 1.29 is 23.9 Å². The van der Waals surface area contributed by atoms with E-state index in [9.17, 15) is 14.4 Å². The second-order valence-electron chi connectivity index (χ2n) is 9.25. The second kappa shape index (κ2) is 7.05. The van der Waals surface area contributed by atoms with E-state index in [0.717, 1.165) is 0 Å². The van der Waals surface area contributed by atoms with Crippen LogP contribution in [0.2, 0.25) is 0 Å². The molecule has 0 bridgehead atoms. The normalized spacial score (nSPS) is 28.7. The summed E-state index contributed by atoms with van der Waals surface area (Å²) in [6.45, 7) is 14.6. The van der Waals surface area contributed by atoms with Gasteiger partial charge >= 0.3 is 12.1 Å². The van der Waals surface area contributed by atoms with Gasteiger partial charge in [0.15, 0.2) is 0 Å². The van der Waals surface area contributed by atoms with E-state index in [-0.39, 0.29) is 42.1 Å². The molecule has 0 spiro atoms. The summed E-state index contributed by atoms with van der Waals surface area (Å²) >= 11 is 0. The molecular formula is C20H31NO5. The third kappa shape index (κ3) is 4.46. The fourth-order valence-electron chi connectivity index (χ4n) is 3.84. The van der Waals surface area contributed by atoms with Crippen LogP contribution in [0.5, 0.6) is 0 Å². The SMILES string of the molecule is C=CCC1CC(=O)N(C(=O)OC(C)(C)C)C2CC(C(=O)OC(C)(C)C)C12. The van der Waals surface area contributed by atoms with Crippen LogP contribution in [-0.4, -0.2) is 40.1 Å². The molecule has 1 heterocycles. The lowest BCUT2D eigenvalue weighted by atomic mass is 9.59. The van der Waals surface area contributed by atoms with Gasteiger partial charge < -0.3 is 9.47 Å². The van der Waals surface area contributed by atoms with Crippen molar-refractivity contribution in [3.05, 3.63) is 12.7 Å². The van der Waals surface area contributed by atoms with Gasteiger partial charge in [-0.15, -0.1) is 6.58 Å². The number of likely N-dealkylation sites (tertiary alicyclic amines) is 1. The number of imide groups is 1. The molecule has 0 N–H and O–H groups in total. The van der Waals surface area contributed by atoms with Crippen LogP contribution in [0, 0.1) is 17.8 Å². The number of amides is 2. The van der Waals surface area contributed by atoms with Crippen molar-refractivity contribution in [3.63, 3.8) is 0 Å². The molecular weight excluding hydrogens is 334 g/mol. The highest BCUT2D eigenvalue weighted by Gasteiger charge is 2.58. The summed E-state index contributed by atoms with van der Waals surface area (Å²) in [5.74, 6) is -0.911. The van der Waals surface area contributed by atoms with Crippen molar-refractivity contribution in [3.8, 4) is 0 Å². The lowest BCUT2D eigenvalue weighted by Crippen LogP contribution is -2.65. The number of fused-ring (bicyclic) bond motifs is 1. The summed E-state index contributed by atoms with van der Waals surface area (Å²) < 4.78 is 10.9. The molecule has 0 aromatic carbocycles. The Morgan fingerprint density at radius 3 is 2.23 bits per heavy atom. The zero-order valence-electron chi connectivity index (χ0n) is 16.7. The first-order chi connectivity index (χ1) is 11.8. The van der Waals surface area contributed by atoms with Crippen LogP contribution in [0.3, 0.4) is 0 Å². The average Bonchev–Trinajstić information content (AvgIpc) is 2.37. The minimum atomic E-state index is -0.681. The Morgan fingerprint density at radius 2 is 1.73 bits per heavy atom. The zero-order valence-corrected chi connectivity index (χ0v) is 16.7. The quantitative estimate of drug-likeness (QED) is 0.563. The van der Waals surface area contributed by atoms with Crippen LogP contribution in [0.25, 0.3) is 0 Å². The molecule has 6 heteroatoms. The summed E-state index contributed by atoms with van der Waals surface area (Å²) in [7, 11) is 0. The van der Waals surface area contributed by atoms with Gasteiger partial charge in [-0.2, -0.15) is 0 Å². The van der Waals surface area contributed by atoms with Crippen LogP contribution < -0.4 is 0 Å². The summed E-state index contributed by atoms with van der Waals surface area (Å²) in [5.41, 5.74) is -1.25. The first-order valence-corrected chi connectivity index (χ1v) is 9.23. The number of hydrogen-bond donors (Lipinski definition) is 0. The van der Waals surface area contributed by atoms with Crippen LogP contribution >= 0.6 is 0 Å². The molecule has 1 aliphatic heterocycles. The van der Waals surface area contributed by atoms with E-state index in [0.29, 0.717) is 12.8 Å². The number of carbonyl (C=O) groups excluding carboxylic acids is 3. The lowest BCUT2D eigenvalue weighted by molar-refractivity contribution is -0.180. The third-order valence-corrected chi connectivity index (χ3v) is 4.75. The molecule has 2 aliphatic rings. The number of rotatable bonds is 3. The van der Waals surface area contributed by atoms with E-state index in [1.54, 1.807) is 26.8 Å². The maximum atomic E-state index is 12.6. The van der Waals surface area contributed by atoms with Gasteiger partial charge in [-0.3, -0.25) is 9.59 Å². The van der Waals surface area contributed by atoms with E-state index < -0.39 is 17.3 Å². The molecule has 2 rings (SSSR count). The van der Waals surface area contributed by atoms with Crippen molar-refractivity contribution in [2.75, 3.05) is 0 Å². The number of hydrogen-bond acceptors (Lipinski definition) is 5. The van der Waals surface area contributed by atoms with E-state index in [1.165, 1.54) is 4.90 Å². The molecule has 1 aliphatic carbocycles. The maximum absolute atomic E-state index is 12.6. The third-order valence-electron chi connectivity index (χ3n) is 4.75. The largest absolute Gasteiger partial charge is 0.460 e. The predicted molar refractivity (Wildman–Crippen MR) is 97.2 cm³/mol. The molecule has 0 aromatic heterocycles. The zero-order chi connectivity index (χ0) is 19.9. The molecule has 0 radical (unpaired) electrons. The van der Waals surface area contributed by atoms with Gasteiger partial charge in [0.1, 0.15) is 11.2 Å². The van der Waals surface area contributed by atoms with E-state index in [2.05, 4.69) is 6.58 Å². The average molecular weight is 365 g/mol. The highest BCUT2D eigenvalue weighted by molar-refractivity contribution is 5.94. The highest BCUT2D eigenvalue weighted by Crippen LogP contribution is 2.50. The first kappa shape index (κ1) is 20.5. The van der Waals surface area contributed by atoms with E-state index in [1.807, 2.05) is 20.8 Å². The number of carbonyl (C=O) groups is 3. The molecule has 1 saturated heterocycles. The standard InChI is InChI=1S/C20H31NO5/c1-8-9-12-10-15(22)21(18(24)26-20(5,6)7)14-11-13(16(12)14)17(23)25-19(2,3)4/h8,12-14,16H,1,9-11H2,2-7H3. The maximum Gasteiger partial charge on any atom is 0.417 e. The summed E-state index contributed by atoms with van der Waals surface area (Å²) in [4.78, 5) is 38.9. The summed E-state index contributed by atoms with van der Waals surface area (Å²) in [6, 6.07) is -0.312. The summed E-state index contributed by atoms with van der Waals surface area (Å²) in [5, 5.41) is 0. The van der Waals surface area contributed by atoms with Crippen molar-refractivity contribution in [1.82, 2.24) is 4.90 Å². The van der Waals surface area contributed by atoms with Gasteiger partial charge in [-0.05, 0) is 66.2 Å². The molecule has 26 heavy (non-hydrogen) atoms. The molecule has 2 fully saturated rings. The number of ether oxygens (including phenoxy) is 2. The molecule has 2 amide bonds. The number of esters is 1. The highest BCUT2D eigenvalue weighted by atomic mass is 16.6. The minimum absolute atomic E-state index is 0.00467. The van der Waals surface area contributed by atoms with Crippen LogP contribution in [0.15, 0.2) is 12.7 Å². The van der Waals surface area contributed by atoms with Gasteiger partial charge in [0.25, 0.3) is 0 Å². The second-order valence-corrected chi connectivity index (χ2v) is 9.25. The van der Waals surface area contributed by atoms with Gasteiger partial charge in [-0.1, -0.05) is 6.08 Å². The Kier molecular flexibility index (Phi) is 5.54. The van der Waals surface area contributed by atoms with Crippen molar-refractivity contribution in [2.45, 2.75) is 78.0 Å². The van der Waals surface area contributed by atoms with Gasteiger partial charge in [0.05, 0.1) is 5.92 Å².